The highest BCUT2D eigenvalue weighted by atomic mass is 32.1. The van der Waals surface area contributed by atoms with Crippen molar-refractivity contribution in [2.24, 2.45) is 0 Å². The number of carbonyl (C=O) groups excluding carboxylic acids is 1. The molecule has 6 nitrogen and oxygen atoms in total. The molecule has 25 heavy (non-hydrogen) atoms. The summed E-state index contributed by atoms with van der Waals surface area (Å²) < 4.78 is 2.07. The van der Waals surface area contributed by atoms with Gasteiger partial charge >= 0.3 is 5.97 Å². The first-order chi connectivity index (χ1) is 12.0. The molecule has 0 bridgehead atoms. The van der Waals surface area contributed by atoms with Crippen molar-refractivity contribution in [2.75, 3.05) is 0 Å². The summed E-state index contributed by atoms with van der Waals surface area (Å²) in [6.45, 7) is 4.45. The molecule has 1 amide bonds. The van der Waals surface area contributed by atoms with Crippen LogP contribution in [0.2, 0.25) is 0 Å². The van der Waals surface area contributed by atoms with Crippen LogP contribution in [0.5, 0.6) is 0 Å². The smallest absolute Gasteiger partial charge is 0.335 e. The standard InChI is InChI=1S/C18H19N3O3S/c1-3-11(2)21-14-7-6-12(18(23)24)9-13(14)20-16(21)10-19-17(22)15-5-4-8-25-15/h4-9,11H,3,10H2,1-2H3,(H,19,22)(H,23,24). The zero-order chi connectivity index (χ0) is 18.0. The third-order valence-corrected chi connectivity index (χ3v) is 5.06. The zero-order valence-corrected chi connectivity index (χ0v) is 14.8. The fourth-order valence-corrected chi connectivity index (χ4v) is 3.38. The van der Waals surface area contributed by atoms with E-state index in [1.54, 1.807) is 24.3 Å². The number of amides is 1. The molecule has 0 saturated heterocycles. The van der Waals surface area contributed by atoms with Gasteiger partial charge in [0.1, 0.15) is 5.82 Å². The molecule has 1 unspecified atom stereocenters. The van der Waals surface area contributed by atoms with Crippen molar-refractivity contribution >= 4 is 34.2 Å². The van der Waals surface area contributed by atoms with Crippen LogP contribution in [-0.4, -0.2) is 26.5 Å². The van der Waals surface area contributed by atoms with Gasteiger partial charge in [-0.2, -0.15) is 0 Å². The summed E-state index contributed by atoms with van der Waals surface area (Å²) in [5, 5.41) is 13.9. The van der Waals surface area contributed by atoms with E-state index in [2.05, 4.69) is 28.7 Å². The molecular weight excluding hydrogens is 338 g/mol. The van der Waals surface area contributed by atoms with E-state index in [0.29, 0.717) is 10.4 Å². The second-order valence-electron chi connectivity index (χ2n) is 5.82. The van der Waals surface area contributed by atoms with E-state index in [0.717, 1.165) is 17.8 Å². The maximum absolute atomic E-state index is 12.2. The molecule has 3 aromatic rings. The quantitative estimate of drug-likeness (QED) is 0.704. The minimum absolute atomic E-state index is 0.135. The summed E-state index contributed by atoms with van der Waals surface area (Å²) in [5.41, 5.74) is 1.70. The van der Waals surface area contributed by atoms with Crippen LogP contribution in [0.25, 0.3) is 11.0 Å². The molecule has 0 spiro atoms. The molecule has 0 aliphatic heterocycles. The number of nitrogens with zero attached hydrogens (tertiary/aromatic N) is 2. The molecule has 0 fully saturated rings. The first kappa shape index (κ1) is 17.2. The number of aromatic nitrogens is 2. The Kier molecular flexibility index (Phi) is 4.85. The number of fused-ring (bicyclic) bond motifs is 1. The second kappa shape index (κ2) is 7.06. The van der Waals surface area contributed by atoms with Gasteiger partial charge in [0, 0.05) is 6.04 Å². The number of aromatic carboxylic acids is 1. The third-order valence-electron chi connectivity index (χ3n) is 4.19. The zero-order valence-electron chi connectivity index (χ0n) is 14.0. The summed E-state index contributed by atoms with van der Waals surface area (Å²) >= 11 is 1.39. The fourth-order valence-electron chi connectivity index (χ4n) is 2.73. The second-order valence-corrected chi connectivity index (χ2v) is 6.77. The Morgan fingerprint density at radius 3 is 2.80 bits per heavy atom. The number of carboxylic acids is 1. The van der Waals surface area contributed by atoms with Crippen LogP contribution in [0, 0.1) is 0 Å². The first-order valence-electron chi connectivity index (χ1n) is 8.07. The Balaban J connectivity index is 1.94. The maximum Gasteiger partial charge on any atom is 0.335 e. The third kappa shape index (κ3) is 3.41. The van der Waals surface area contributed by atoms with Crippen LogP contribution >= 0.6 is 11.3 Å². The molecule has 1 atom stereocenters. The Morgan fingerprint density at radius 2 is 2.16 bits per heavy atom. The summed E-state index contributed by atoms with van der Waals surface area (Å²) in [6, 6.07) is 8.73. The molecule has 2 N–H and O–H groups in total. The topological polar surface area (TPSA) is 84.2 Å². The van der Waals surface area contributed by atoms with E-state index < -0.39 is 5.97 Å². The average molecular weight is 357 g/mol. The SMILES string of the molecule is CCC(C)n1c(CNC(=O)c2cccs2)nc2cc(C(=O)O)ccc21. The van der Waals surface area contributed by atoms with Crippen LogP contribution < -0.4 is 5.32 Å². The number of thiophene rings is 1. The van der Waals surface area contributed by atoms with Gasteiger partial charge in [0.05, 0.1) is 28.0 Å². The van der Waals surface area contributed by atoms with Crippen LogP contribution in [0.1, 0.15) is 52.2 Å². The van der Waals surface area contributed by atoms with Crippen LogP contribution in [0.3, 0.4) is 0 Å². The molecular formula is C18H19N3O3S. The summed E-state index contributed by atoms with van der Waals surface area (Å²) in [4.78, 5) is 28.6. The lowest BCUT2D eigenvalue weighted by Gasteiger charge is -2.16. The number of nitrogens with one attached hydrogen (secondary N) is 1. The lowest BCUT2D eigenvalue weighted by Crippen LogP contribution is -2.24. The van der Waals surface area contributed by atoms with Gasteiger partial charge in [-0.05, 0) is 43.0 Å². The number of hydrogen-bond donors (Lipinski definition) is 2. The Bertz CT molecular complexity index is 915. The van der Waals surface area contributed by atoms with Gasteiger partial charge in [-0.3, -0.25) is 4.79 Å². The molecule has 130 valence electrons. The summed E-state index contributed by atoms with van der Waals surface area (Å²) in [5.74, 6) is -0.395. The van der Waals surface area contributed by atoms with Crippen LogP contribution in [0.4, 0.5) is 0 Å². The predicted molar refractivity (Wildman–Crippen MR) is 97.2 cm³/mol. The van der Waals surface area contributed by atoms with Gasteiger partial charge in [0.15, 0.2) is 0 Å². The van der Waals surface area contributed by atoms with E-state index in [4.69, 9.17) is 5.11 Å². The highest BCUT2D eigenvalue weighted by Crippen LogP contribution is 2.24. The van der Waals surface area contributed by atoms with Gasteiger partial charge in [0.2, 0.25) is 0 Å². The van der Waals surface area contributed by atoms with Crippen LogP contribution in [-0.2, 0) is 6.54 Å². The normalized spacial score (nSPS) is 12.2. The first-order valence-corrected chi connectivity index (χ1v) is 8.95. The molecule has 0 aliphatic carbocycles. The summed E-state index contributed by atoms with van der Waals surface area (Å²) in [6.07, 6.45) is 0.901. The maximum atomic E-state index is 12.2. The molecule has 0 radical (unpaired) electrons. The number of hydrogen-bond acceptors (Lipinski definition) is 4. The molecule has 7 heteroatoms. The van der Waals surface area contributed by atoms with Crippen molar-refractivity contribution in [2.45, 2.75) is 32.9 Å². The lowest BCUT2D eigenvalue weighted by molar-refractivity contribution is 0.0696. The Hall–Kier alpha value is -2.67. The van der Waals surface area contributed by atoms with E-state index >= 15 is 0 Å². The van der Waals surface area contributed by atoms with Crippen molar-refractivity contribution in [3.05, 3.63) is 52.0 Å². The number of rotatable bonds is 6. The summed E-state index contributed by atoms with van der Waals surface area (Å²) in [7, 11) is 0. The van der Waals surface area contributed by atoms with Crippen molar-refractivity contribution in [1.29, 1.82) is 0 Å². The van der Waals surface area contributed by atoms with Crippen molar-refractivity contribution in [3.8, 4) is 0 Å². The monoisotopic (exact) mass is 357 g/mol. The van der Waals surface area contributed by atoms with Gasteiger partial charge in [-0.15, -0.1) is 11.3 Å². The van der Waals surface area contributed by atoms with Gasteiger partial charge < -0.3 is 15.0 Å². The molecule has 3 rings (SSSR count). The number of imidazole rings is 1. The van der Waals surface area contributed by atoms with Gasteiger partial charge in [0.25, 0.3) is 5.91 Å². The van der Waals surface area contributed by atoms with Crippen molar-refractivity contribution < 1.29 is 14.7 Å². The van der Waals surface area contributed by atoms with E-state index in [-0.39, 0.29) is 24.1 Å². The average Bonchev–Trinajstić information content (AvgIpc) is 3.25. The Labute approximate surface area is 149 Å². The minimum Gasteiger partial charge on any atom is -0.478 e. The highest BCUT2D eigenvalue weighted by Gasteiger charge is 2.17. The fraction of sp³-hybridized carbons (Fsp3) is 0.278. The van der Waals surface area contributed by atoms with Crippen molar-refractivity contribution in [3.63, 3.8) is 0 Å². The molecule has 0 saturated carbocycles. The van der Waals surface area contributed by atoms with E-state index in [9.17, 15) is 9.59 Å². The minimum atomic E-state index is -0.979. The van der Waals surface area contributed by atoms with Gasteiger partial charge in [-0.25, -0.2) is 9.78 Å². The van der Waals surface area contributed by atoms with Crippen molar-refractivity contribution in [1.82, 2.24) is 14.9 Å². The molecule has 2 aromatic heterocycles. The number of carboxylic acid groups (broad SMARTS) is 1. The molecule has 0 aliphatic rings. The lowest BCUT2D eigenvalue weighted by atomic mass is 10.2. The predicted octanol–water partition coefficient (Wildman–Crippen LogP) is 3.70. The van der Waals surface area contributed by atoms with E-state index in [1.165, 1.54) is 11.3 Å². The molecule has 1 aromatic carbocycles. The van der Waals surface area contributed by atoms with Gasteiger partial charge in [-0.1, -0.05) is 13.0 Å². The molecule has 2 heterocycles. The van der Waals surface area contributed by atoms with Crippen LogP contribution in [0.15, 0.2) is 35.7 Å². The van der Waals surface area contributed by atoms with E-state index in [1.807, 2.05) is 11.4 Å². The largest absolute Gasteiger partial charge is 0.478 e. The number of benzene rings is 1. The number of carbonyl (C=O) groups is 2. The highest BCUT2D eigenvalue weighted by molar-refractivity contribution is 7.12. The Morgan fingerprint density at radius 1 is 1.36 bits per heavy atom.